The van der Waals surface area contributed by atoms with Gasteiger partial charge in [-0.1, -0.05) is 65.7 Å². The van der Waals surface area contributed by atoms with E-state index in [1.807, 2.05) is 54.6 Å². The molecule has 27 heavy (non-hydrogen) atoms. The maximum absolute atomic E-state index is 6.43. The molecule has 0 saturated heterocycles. The SMILES string of the molecule is Clc1ccc(-c2nnc(-c3ccccc3Cl)n2CCc2ccccc2)cc1. The molecule has 0 aliphatic rings. The average molecular weight is 394 g/mol. The van der Waals surface area contributed by atoms with Crippen molar-refractivity contribution in [2.75, 3.05) is 0 Å². The summed E-state index contributed by atoms with van der Waals surface area (Å²) in [4.78, 5) is 0. The Hall–Kier alpha value is -2.62. The molecule has 0 unspecified atom stereocenters. The van der Waals surface area contributed by atoms with Gasteiger partial charge < -0.3 is 4.57 Å². The van der Waals surface area contributed by atoms with Crippen molar-refractivity contribution in [1.82, 2.24) is 14.8 Å². The molecular weight excluding hydrogens is 377 g/mol. The highest BCUT2D eigenvalue weighted by atomic mass is 35.5. The predicted octanol–water partition coefficient (Wildman–Crippen LogP) is 6.16. The Labute approximate surface area is 168 Å². The maximum Gasteiger partial charge on any atom is 0.165 e. The molecule has 1 heterocycles. The summed E-state index contributed by atoms with van der Waals surface area (Å²) in [7, 11) is 0. The number of benzene rings is 3. The molecule has 3 nitrogen and oxygen atoms in total. The minimum atomic E-state index is 0.661. The zero-order chi connectivity index (χ0) is 18.6. The van der Waals surface area contributed by atoms with Crippen molar-refractivity contribution in [2.45, 2.75) is 13.0 Å². The van der Waals surface area contributed by atoms with Crippen LogP contribution in [-0.2, 0) is 13.0 Å². The molecule has 0 radical (unpaired) electrons. The molecule has 0 aliphatic carbocycles. The van der Waals surface area contributed by atoms with Crippen molar-refractivity contribution in [3.05, 3.63) is 94.5 Å². The molecule has 4 rings (SSSR count). The van der Waals surface area contributed by atoms with E-state index in [-0.39, 0.29) is 0 Å². The molecule has 3 aromatic carbocycles. The van der Waals surface area contributed by atoms with Crippen LogP contribution >= 0.6 is 23.2 Å². The van der Waals surface area contributed by atoms with Crippen LogP contribution in [0.3, 0.4) is 0 Å². The molecule has 0 atom stereocenters. The first-order valence-corrected chi connectivity index (χ1v) is 9.46. The fraction of sp³-hybridized carbons (Fsp3) is 0.0909. The molecule has 0 N–H and O–H groups in total. The van der Waals surface area contributed by atoms with E-state index in [4.69, 9.17) is 23.2 Å². The number of rotatable bonds is 5. The van der Waals surface area contributed by atoms with Crippen molar-refractivity contribution >= 4 is 23.2 Å². The summed E-state index contributed by atoms with van der Waals surface area (Å²) in [5.74, 6) is 1.57. The van der Waals surface area contributed by atoms with Crippen LogP contribution in [0.2, 0.25) is 10.0 Å². The number of hydrogen-bond acceptors (Lipinski definition) is 2. The zero-order valence-corrected chi connectivity index (χ0v) is 16.0. The lowest BCUT2D eigenvalue weighted by molar-refractivity contribution is 0.707. The monoisotopic (exact) mass is 393 g/mol. The van der Waals surface area contributed by atoms with Crippen LogP contribution in [0.1, 0.15) is 5.56 Å². The quantitative estimate of drug-likeness (QED) is 0.406. The van der Waals surface area contributed by atoms with Crippen LogP contribution in [0.15, 0.2) is 78.9 Å². The van der Waals surface area contributed by atoms with Crippen LogP contribution in [0, 0.1) is 0 Å². The van der Waals surface area contributed by atoms with Crippen LogP contribution in [0.5, 0.6) is 0 Å². The molecule has 0 fully saturated rings. The molecule has 5 heteroatoms. The third-order valence-corrected chi connectivity index (χ3v) is 5.02. The summed E-state index contributed by atoms with van der Waals surface area (Å²) < 4.78 is 2.12. The highest BCUT2D eigenvalue weighted by Crippen LogP contribution is 2.30. The topological polar surface area (TPSA) is 30.7 Å². The Kier molecular flexibility index (Phi) is 5.23. The van der Waals surface area contributed by atoms with Gasteiger partial charge in [-0.15, -0.1) is 10.2 Å². The lowest BCUT2D eigenvalue weighted by atomic mass is 10.1. The fourth-order valence-corrected chi connectivity index (χ4v) is 3.40. The second-order valence-corrected chi connectivity index (χ2v) is 7.06. The summed E-state index contributed by atoms with van der Waals surface area (Å²) in [6, 6.07) is 25.7. The molecule has 4 aromatic rings. The standard InChI is InChI=1S/C22H17Cl2N3/c23-18-12-10-17(11-13-18)21-25-26-22(19-8-4-5-9-20(19)24)27(21)15-14-16-6-2-1-3-7-16/h1-13H,14-15H2. The smallest absolute Gasteiger partial charge is 0.165 e. The Morgan fingerprint density at radius 2 is 1.37 bits per heavy atom. The second-order valence-electron chi connectivity index (χ2n) is 6.22. The minimum Gasteiger partial charge on any atom is -0.307 e. The van der Waals surface area contributed by atoms with Crippen LogP contribution in [-0.4, -0.2) is 14.8 Å². The first-order chi connectivity index (χ1) is 13.2. The molecule has 0 aliphatic heterocycles. The van der Waals surface area contributed by atoms with Gasteiger partial charge in [-0.2, -0.15) is 0 Å². The first-order valence-electron chi connectivity index (χ1n) is 8.70. The predicted molar refractivity (Wildman–Crippen MR) is 111 cm³/mol. The van der Waals surface area contributed by atoms with Gasteiger partial charge in [0, 0.05) is 22.7 Å². The van der Waals surface area contributed by atoms with Crippen molar-refractivity contribution in [2.24, 2.45) is 0 Å². The van der Waals surface area contributed by atoms with E-state index >= 15 is 0 Å². The molecule has 1 aromatic heterocycles. The average Bonchev–Trinajstić information content (AvgIpc) is 3.12. The second kappa shape index (κ2) is 7.95. The third-order valence-electron chi connectivity index (χ3n) is 4.43. The number of aromatic nitrogens is 3. The first kappa shape index (κ1) is 17.8. The van der Waals surface area contributed by atoms with Gasteiger partial charge in [-0.05, 0) is 48.4 Å². The van der Waals surface area contributed by atoms with E-state index in [9.17, 15) is 0 Å². The lowest BCUT2D eigenvalue weighted by Crippen LogP contribution is -2.06. The van der Waals surface area contributed by atoms with Gasteiger partial charge in [0.1, 0.15) is 0 Å². The number of hydrogen-bond donors (Lipinski definition) is 0. The van der Waals surface area contributed by atoms with E-state index in [1.165, 1.54) is 5.56 Å². The Bertz CT molecular complexity index is 1040. The number of aryl methyl sites for hydroxylation is 1. The van der Waals surface area contributed by atoms with Gasteiger partial charge in [0.05, 0.1) is 5.02 Å². The molecule has 0 spiro atoms. The van der Waals surface area contributed by atoms with Crippen molar-refractivity contribution in [3.63, 3.8) is 0 Å². The molecule has 0 saturated carbocycles. The summed E-state index contributed by atoms with van der Waals surface area (Å²) >= 11 is 12.5. The van der Waals surface area contributed by atoms with Gasteiger partial charge in [-0.25, -0.2) is 0 Å². The third kappa shape index (κ3) is 3.90. The van der Waals surface area contributed by atoms with Gasteiger partial charge in [0.2, 0.25) is 0 Å². The summed E-state index contributed by atoms with van der Waals surface area (Å²) in [5.41, 5.74) is 3.11. The zero-order valence-electron chi connectivity index (χ0n) is 14.5. The van der Waals surface area contributed by atoms with E-state index in [0.29, 0.717) is 10.0 Å². The number of nitrogens with zero attached hydrogens (tertiary/aromatic N) is 3. The lowest BCUT2D eigenvalue weighted by Gasteiger charge is -2.12. The molecule has 0 bridgehead atoms. The molecular formula is C22H17Cl2N3. The maximum atomic E-state index is 6.43. The van der Waals surface area contributed by atoms with Crippen molar-refractivity contribution in [3.8, 4) is 22.8 Å². The van der Waals surface area contributed by atoms with Gasteiger partial charge >= 0.3 is 0 Å². The molecule has 0 amide bonds. The highest BCUT2D eigenvalue weighted by molar-refractivity contribution is 6.33. The van der Waals surface area contributed by atoms with Crippen LogP contribution < -0.4 is 0 Å². The van der Waals surface area contributed by atoms with Crippen LogP contribution in [0.25, 0.3) is 22.8 Å². The number of halogens is 2. The van der Waals surface area contributed by atoms with Gasteiger partial charge in [-0.3, -0.25) is 0 Å². The highest BCUT2D eigenvalue weighted by Gasteiger charge is 2.17. The van der Waals surface area contributed by atoms with Crippen molar-refractivity contribution in [1.29, 1.82) is 0 Å². The summed E-state index contributed by atoms with van der Waals surface area (Å²) in [6.07, 6.45) is 0.872. The largest absolute Gasteiger partial charge is 0.307 e. The van der Waals surface area contributed by atoms with E-state index in [2.05, 4.69) is 39.0 Å². The van der Waals surface area contributed by atoms with E-state index in [1.54, 1.807) is 0 Å². The van der Waals surface area contributed by atoms with E-state index < -0.39 is 0 Å². The summed E-state index contributed by atoms with van der Waals surface area (Å²) in [6.45, 7) is 0.746. The molecule has 134 valence electrons. The van der Waals surface area contributed by atoms with Crippen molar-refractivity contribution < 1.29 is 0 Å². The van der Waals surface area contributed by atoms with E-state index in [0.717, 1.165) is 35.7 Å². The summed E-state index contributed by atoms with van der Waals surface area (Å²) in [5, 5.41) is 10.3. The Morgan fingerprint density at radius 3 is 2.11 bits per heavy atom. The van der Waals surface area contributed by atoms with Gasteiger partial charge in [0.15, 0.2) is 11.6 Å². The minimum absolute atomic E-state index is 0.661. The van der Waals surface area contributed by atoms with Gasteiger partial charge in [0.25, 0.3) is 0 Å². The normalized spacial score (nSPS) is 10.9. The Morgan fingerprint density at radius 1 is 0.704 bits per heavy atom. The van der Waals surface area contributed by atoms with Crippen LogP contribution in [0.4, 0.5) is 0 Å². The Balaban J connectivity index is 1.77. The fourth-order valence-electron chi connectivity index (χ4n) is 3.05.